The molecule has 0 radical (unpaired) electrons. The van der Waals surface area contributed by atoms with Crippen LogP contribution in [0.5, 0.6) is 0 Å². The van der Waals surface area contributed by atoms with Crippen LogP contribution in [0.25, 0.3) is 15.5 Å². The highest BCUT2D eigenvalue weighted by molar-refractivity contribution is 7.99. The van der Waals surface area contributed by atoms with E-state index in [1.54, 1.807) is 11.3 Å². The number of fused-ring (bicyclic) bond motifs is 1. The Kier molecular flexibility index (Phi) is 4.35. The molecule has 5 nitrogen and oxygen atoms in total. The van der Waals surface area contributed by atoms with Crippen molar-refractivity contribution in [2.45, 2.75) is 24.9 Å². The molecule has 3 aromatic rings. The van der Waals surface area contributed by atoms with Gasteiger partial charge in [-0.15, -0.1) is 10.2 Å². The van der Waals surface area contributed by atoms with Gasteiger partial charge >= 0.3 is 0 Å². The lowest BCUT2D eigenvalue weighted by Gasteiger charge is -2.11. The molecule has 2 aromatic heterocycles. The average molecular weight is 333 g/mol. The Hall–Kier alpha value is -1.60. The van der Waals surface area contributed by atoms with Gasteiger partial charge in [0, 0.05) is 25.3 Å². The lowest BCUT2D eigenvalue weighted by molar-refractivity contribution is 0.885. The summed E-state index contributed by atoms with van der Waals surface area (Å²) in [6, 6.07) is 8.41. The molecule has 22 heavy (non-hydrogen) atoms. The second-order valence-electron chi connectivity index (χ2n) is 5.52. The van der Waals surface area contributed by atoms with E-state index in [0.717, 1.165) is 27.1 Å². The predicted molar refractivity (Wildman–Crippen MR) is 94.9 cm³/mol. The fraction of sp³-hybridized carbons (Fsp3) is 0.400. The first kappa shape index (κ1) is 15.3. The van der Waals surface area contributed by atoms with Gasteiger partial charge in [0.25, 0.3) is 0 Å². The van der Waals surface area contributed by atoms with Gasteiger partial charge in [0.1, 0.15) is 5.01 Å². The molecular weight excluding hydrogens is 314 g/mol. The van der Waals surface area contributed by atoms with Crippen molar-refractivity contribution in [1.29, 1.82) is 0 Å². The molecule has 1 aromatic carbocycles. The van der Waals surface area contributed by atoms with Crippen molar-refractivity contribution in [2.24, 2.45) is 0 Å². The van der Waals surface area contributed by atoms with Gasteiger partial charge in [0.05, 0.1) is 5.75 Å². The van der Waals surface area contributed by atoms with Crippen molar-refractivity contribution in [2.75, 3.05) is 19.0 Å². The van der Waals surface area contributed by atoms with E-state index < -0.39 is 0 Å². The SMILES string of the molecule is CC(C)SCc1nnc2sc(-c3ccc(N(C)C)cc3)nn12. The lowest BCUT2D eigenvalue weighted by atomic mass is 10.2. The van der Waals surface area contributed by atoms with Crippen molar-refractivity contribution >= 4 is 33.7 Å². The molecule has 0 aliphatic carbocycles. The predicted octanol–water partition coefficient (Wildman–Crippen LogP) is 3.56. The number of thioether (sulfide) groups is 1. The highest BCUT2D eigenvalue weighted by Crippen LogP contribution is 2.28. The summed E-state index contributed by atoms with van der Waals surface area (Å²) in [4.78, 5) is 2.94. The second-order valence-corrected chi connectivity index (χ2v) is 8.04. The zero-order valence-corrected chi connectivity index (χ0v) is 14.8. The maximum atomic E-state index is 4.68. The fourth-order valence-corrected chi connectivity index (χ4v) is 3.53. The van der Waals surface area contributed by atoms with Gasteiger partial charge in [-0.3, -0.25) is 0 Å². The summed E-state index contributed by atoms with van der Waals surface area (Å²) in [6.07, 6.45) is 0. The molecule has 116 valence electrons. The third kappa shape index (κ3) is 3.10. The molecule has 0 N–H and O–H groups in total. The minimum Gasteiger partial charge on any atom is -0.378 e. The molecule has 0 bridgehead atoms. The Balaban J connectivity index is 1.88. The highest BCUT2D eigenvalue weighted by atomic mass is 32.2. The van der Waals surface area contributed by atoms with Crippen molar-refractivity contribution in [1.82, 2.24) is 19.8 Å². The van der Waals surface area contributed by atoms with Crippen LogP contribution in [-0.2, 0) is 5.75 Å². The quantitative estimate of drug-likeness (QED) is 0.714. The maximum absolute atomic E-state index is 4.68. The Labute approximate surface area is 138 Å². The van der Waals surface area contributed by atoms with Crippen LogP contribution in [-0.4, -0.2) is 39.2 Å². The van der Waals surface area contributed by atoms with E-state index in [1.807, 2.05) is 30.4 Å². The van der Waals surface area contributed by atoms with Crippen LogP contribution in [0.4, 0.5) is 5.69 Å². The van der Waals surface area contributed by atoms with Crippen LogP contribution >= 0.6 is 23.1 Å². The Bertz CT molecular complexity index is 758. The summed E-state index contributed by atoms with van der Waals surface area (Å²) in [5.41, 5.74) is 2.30. The average Bonchev–Trinajstić information content (AvgIpc) is 3.05. The summed E-state index contributed by atoms with van der Waals surface area (Å²) < 4.78 is 1.87. The van der Waals surface area contributed by atoms with Crippen molar-refractivity contribution < 1.29 is 0 Å². The van der Waals surface area contributed by atoms with Crippen LogP contribution in [0.2, 0.25) is 0 Å². The fourth-order valence-electron chi connectivity index (χ4n) is 2.01. The topological polar surface area (TPSA) is 46.3 Å². The largest absolute Gasteiger partial charge is 0.378 e. The molecule has 3 rings (SSSR count). The minimum atomic E-state index is 0.573. The molecule has 7 heteroatoms. The monoisotopic (exact) mass is 333 g/mol. The minimum absolute atomic E-state index is 0.573. The van der Waals surface area contributed by atoms with Crippen LogP contribution < -0.4 is 4.90 Å². The van der Waals surface area contributed by atoms with Crippen molar-refractivity contribution in [3.63, 3.8) is 0 Å². The number of benzene rings is 1. The van der Waals surface area contributed by atoms with E-state index in [2.05, 4.69) is 58.3 Å². The van der Waals surface area contributed by atoms with Gasteiger partial charge in [-0.25, -0.2) is 0 Å². The summed E-state index contributed by atoms with van der Waals surface area (Å²) in [6.45, 7) is 4.36. The first-order chi connectivity index (χ1) is 10.5. The van der Waals surface area contributed by atoms with E-state index in [9.17, 15) is 0 Å². The second kappa shape index (κ2) is 6.26. The van der Waals surface area contributed by atoms with E-state index in [-0.39, 0.29) is 0 Å². The van der Waals surface area contributed by atoms with Gasteiger partial charge < -0.3 is 4.90 Å². The third-order valence-corrected chi connectivity index (χ3v) is 5.27. The smallest absolute Gasteiger partial charge is 0.235 e. The van der Waals surface area contributed by atoms with E-state index >= 15 is 0 Å². The van der Waals surface area contributed by atoms with E-state index in [0.29, 0.717) is 5.25 Å². The van der Waals surface area contributed by atoms with E-state index in [4.69, 9.17) is 0 Å². The van der Waals surface area contributed by atoms with Gasteiger partial charge in [-0.2, -0.15) is 21.4 Å². The molecule has 0 fully saturated rings. The van der Waals surface area contributed by atoms with Gasteiger partial charge in [0.2, 0.25) is 4.96 Å². The third-order valence-electron chi connectivity index (χ3n) is 3.23. The summed E-state index contributed by atoms with van der Waals surface area (Å²) in [5, 5.41) is 14.7. The van der Waals surface area contributed by atoms with Gasteiger partial charge in [-0.05, 0) is 29.5 Å². The number of hydrogen-bond acceptors (Lipinski definition) is 6. The molecule has 0 aliphatic heterocycles. The highest BCUT2D eigenvalue weighted by Gasteiger charge is 2.13. The Morgan fingerprint density at radius 3 is 2.55 bits per heavy atom. The van der Waals surface area contributed by atoms with Crippen LogP contribution in [0.3, 0.4) is 0 Å². The summed E-state index contributed by atoms with van der Waals surface area (Å²) >= 11 is 3.42. The van der Waals surface area contributed by atoms with Crippen LogP contribution in [0.1, 0.15) is 19.7 Å². The number of anilines is 1. The molecule has 0 spiro atoms. The van der Waals surface area contributed by atoms with E-state index in [1.165, 1.54) is 5.69 Å². The van der Waals surface area contributed by atoms with Crippen LogP contribution in [0.15, 0.2) is 24.3 Å². The first-order valence-electron chi connectivity index (χ1n) is 7.15. The van der Waals surface area contributed by atoms with Gasteiger partial charge in [0.15, 0.2) is 5.82 Å². The van der Waals surface area contributed by atoms with Crippen molar-refractivity contribution in [3.05, 3.63) is 30.1 Å². The molecule has 0 unspecified atom stereocenters. The Morgan fingerprint density at radius 1 is 1.18 bits per heavy atom. The molecule has 0 aliphatic rings. The van der Waals surface area contributed by atoms with Crippen molar-refractivity contribution in [3.8, 4) is 10.6 Å². The lowest BCUT2D eigenvalue weighted by Crippen LogP contribution is -2.07. The van der Waals surface area contributed by atoms with Gasteiger partial charge in [-0.1, -0.05) is 25.2 Å². The molecule has 0 saturated heterocycles. The molecule has 2 heterocycles. The number of hydrogen-bond donors (Lipinski definition) is 0. The summed E-state index contributed by atoms with van der Waals surface area (Å²) in [5.74, 6) is 1.75. The first-order valence-corrected chi connectivity index (χ1v) is 9.01. The maximum Gasteiger partial charge on any atom is 0.235 e. The molecule has 0 amide bonds. The standard InChI is InChI=1S/C15H19N5S2/c1-10(2)21-9-13-16-17-15-20(13)18-14(22-15)11-5-7-12(8-6-11)19(3)4/h5-8,10H,9H2,1-4H3. The normalized spacial score (nSPS) is 11.5. The zero-order valence-electron chi connectivity index (χ0n) is 13.1. The molecule has 0 saturated carbocycles. The number of aromatic nitrogens is 4. The number of rotatable bonds is 5. The zero-order chi connectivity index (χ0) is 15.7. The van der Waals surface area contributed by atoms with Crippen LogP contribution in [0, 0.1) is 0 Å². The number of nitrogens with zero attached hydrogens (tertiary/aromatic N) is 5. The Morgan fingerprint density at radius 2 is 1.91 bits per heavy atom. The summed E-state index contributed by atoms with van der Waals surface area (Å²) in [7, 11) is 4.08. The molecule has 0 atom stereocenters. The molecular formula is C15H19N5S2.